The second-order valence-electron chi connectivity index (χ2n) is 4.96. The molecule has 0 aromatic heterocycles. The molecule has 3 N–H and O–H groups in total. The van der Waals surface area contributed by atoms with Gasteiger partial charge in [0.25, 0.3) is 10.0 Å². The molecule has 2 aromatic carbocycles. The Hall–Kier alpha value is -2.13. The number of hydrazine groups is 1. The number of hydrogen-bond donors (Lipinski definition) is 3. The van der Waals surface area contributed by atoms with Crippen LogP contribution >= 0.6 is 23.2 Å². The van der Waals surface area contributed by atoms with Gasteiger partial charge in [0.2, 0.25) is 0 Å². The highest BCUT2D eigenvalue weighted by Gasteiger charge is 2.19. The number of amides is 2. The van der Waals surface area contributed by atoms with E-state index >= 15 is 0 Å². The summed E-state index contributed by atoms with van der Waals surface area (Å²) in [6.07, 6.45) is 0. The lowest BCUT2D eigenvalue weighted by Crippen LogP contribution is -2.46. The Bertz CT molecular complexity index is 915. The molecule has 2 amide bonds. The number of nitrogens with one attached hydrogen (secondary N) is 3. The lowest BCUT2D eigenvalue weighted by atomic mass is 10.2. The van der Waals surface area contributed by atoms with Crippen LogP contribution in [0.3, 0.4) is 0 Å². The molecule has 10 heteroatoms. The normalized spacial score (nSPS) is 11.0. The first-order chi connectivity index (χ1) is 11.7. The fourth-order valence-electron chi connectivity index (χ4n) is 1.70. The molecule has 7 nitrogen and oxygen atoms in total. The number of aryl methyl sites for hydroxylation is 1. The van der Waals surface area contributed by atoms with E-state index < -0.39 is 21.8 Å². The molecule has 0 bridgehead atoms. The number of anilines is 1. The van der Waals surface area contributed by atoms with Crippen LogP contribution in [0.25, 0.3) is 0 Å². The molecule has 0 saturated heterocycles. The molecule has 0 unspecified atom stereocenters. The monoisotopic (exact) mass is 401 g/mol. The minimum Gasteiger partial charge on any atom is -0.318 e. The average Bonchev–Trinajstić information content (AvgIpc) is 2.57. The van der Waals surface area contributed by atoms with Crippen LogP contribution in [0.5, 0.6) is 0 Å². The predicted octanol–water partition coefficient (Wildman–Crippen LogP) is 2.25. The van der Waals surface area contributed by atoms with Crippen molar-refractivity contribution in [3.63, 3.8) is 0 Å². The third-order valence-electron chi connectivity index (χ3n) is 3.02. The second-order valence-corrected chi connectivity index (χ2v) is 7.45. The molecule has 0 fully saturated rings. The fourth-order valence-corrected chi connectivity index (χ4v) is 2.93. The Morgan fingerprint density at radius 3 is 2.16 bits per heavy atom. The summed E-state index contributed by atoms with van der Waals surface area (Å²) >= 11 is 11.5. The first kappa shape index (κ1) is 19.2. The third-order valence-corrected chi connectivity index (χ3v) is 5.00. The van der Waals surface area contributed by atoms with Crippen molar-refractivity contribution in [2.75, 3.05) is 5.32 Å². The second kappa shape index (κ2) is 7.83. The summed E-state index contributed by atoms with van der Waals surface area (Å²) in [5, 5.41) is 2.55. The van der Waals surface area contributed by atoms with Crippen molar-refractivity contribution in [3.05, 3.63) is 58.1 Å². The lowest BCUT2D eigenvalue weighted by Gasteiger charge is -2.09. The number of halogens is 2. The van der Waals surface area contributed by atoms with Gasteiger partial charge in [-0.2, -0.15) is 0 Å². The topological polar surface area (TPSA) is 104 Å². The van der Waals surface area contributed by atoms with Crippen molar-refractivity contribution in [1.82, 2.24) is 10.3 Å². The molecule has 0 aliphatic carbocycles. The van der Waals surface area contributed by atoms with E-state index in [-0.39, 0.29) is 14.9 Å². The number of sulfonamides is 1. The molecule has 2 aromatic rings. The van der Waals surface area contributed by atoms with Gasteiger partial charge in [0, 0.05) is 5.69 Å². The molecule has 0 radical (unpaired) electrons. The van der Waals surface area contributed by atoms with E-state index in [1.54, 1.807) is 24.3 Å². The SMILES string of the molecule is Cc1ccc(NC(=O)C(=O)NNS(=O)(=O)c2ccc(Cl)c(Cl)c2)cc1. The molecule has 0 aliphatic heterocycles. The van der Waals surface area contributed by atoms with Crippen LogP contribution in [0.4, 0.5) is 5.69 Å². The van der Waals surface area contributed by atoms with E-state index in [9.17, 15) is 18.0 Å². The summed E-state index contributed by atoms with van der Waals surface area (Å²) < 4.78 is 24.1. The van der Waals surface area contributed by atoms with E-state index in [4.69, 9.17) is 23.2 Å². The Kier molecular flexibility index (Phi) is 6.02. The molecule has 0 atom stereocenters. The number of carbonyl (C=O) groups excluding carboxylic acids is 2. The van der Waals surface area contributed by atoms with Gasteiger partial charge in [-0.25, -0.2) is 8.42 Å². The van der Waals surface area contributed by atoms with Crippen LogP contribution in [0.1, 0.15) is 5.56 Å². The van der Waals surface area contributed by atoms with E-state index in [1.165, 1.54) is 12.1 Å². The minimum absolute atomic E-state index is 0.0352. The Labute approximate surface area is 154 Å². The van der Waals surface area contributed by atoms with E-state index in [0.717, 1.165) is 11.6 Å². The fraction of sp³-hybridized carbons (Fsp3) is 0.0667. The number of benzene rings is 2. The quantitative estimate of drug-likeness (QED) is 0.539. The maximum Gasteiger partial charge on any atom is 0.324 e. The van der Waals surface area contributed by atoms with Crippen molar-refractivity contribution >= 4 is 50.7 Å². The first-order valence-corrected chi connectivity index (χ1v) is 9.08. The summed E-state index contributed by atoms with van der Waals surface area (Å²) in [5.74, 6) is -2.20. The number of hydrogen-bond acceptors (Lipinski definition) is 4. The Morgan fingerprint density at radius 2 is 1.56 bits per heavy atom. The lowest BCUT2D eigenvalue weighted by molar-refractivity contribution is -0.136. The number of carbonyl (C=O) groups is 2. The summed E-state index contributed by atoms with van der Waals surface area (Å²) in [5.41, 5.74) is 3.21. The smallest absolute Gasteiger partial charge is 0.318 e. The van der Waals surface area contributed by atoms with Crippen LogP contribution in [0, 0.1) is 6.92 Å². The van der Waals surface area contributed by atoms with Crippen LogP contribution in [0.2, 0.25) is 10.0 Å². The molecule has 25 heavy (non-hydrogen) atoms. The van der Waals surface area contributed by atoms with Gasteiger partial charge < -0.3 is 5.32 Å². The van der Waals surface area contributed by atoms with E-state index in [0.29, 0.717) is 5.69 Å². The Morgan fingerprint density at radius 1 is 0.920 bits per heavy atom. The summed E-state index contributed by atoms with van der Waals surface area (Å²) in [4.78, 5) is 25.1. The zero-order valence-corrected chi connectivity index (χ0v) is 15.2. The highest BCUT2D eigenvalue weighted by Crippen LogP contribution is 2.24. The number of rotatable bonds is 4. The largest absolute Gasteiger partial charge is 0.324 e. The summed E-state index contributed by atoms with van der Waals surface area (Å²) in [6.45, 7) is 1.87. The standard InChI is InChI=1S/C15H13Cl2N3O4S/c1-9-2-4-10(5-3-9)18-14(21)15(22)19-20-25(23,24)11-6-7-12(16)13(17)8-11/h2-8,20H,1H3,(H,18,21)(H,19,22). The van der Waals surface area contributed by atoms with E-state index in [1.807, 2.05) is 17.2 Å². The van der Waals surface area contributed by atoms with E-state index in [2.05, 4.69) is 5.32 Å². The predicted molar refractivity (Wildman–Crippen MR) is 94.7 cm³/mol. The average molecular weight is 402 g/mol. The van der Waals surface area contributed by atoms with Crippen molar-refractivity contribution in [2.24, 2.45) is 0 Å². The first-order valence-electron chi connectivity index (χ1n) is 6.84. The van der Waals surface area contributed by atoms with Gasteiger partial charge >= 0.3 is 11.8 Å². The molecule has 0 spiro atoms. The van der Waals surface area contributed by atoms with Crippen LogP contribution in [-0.4, -0.2) is 20.2 Å². The zero-order valence-electron chi connectivity index (χ0n) is 12.8. The summed E-state index contributed by atoms with van der Waals surface area (Å²) in [6, 6.07) is 10.3. The summed E-state index contributed by atoms with van der Waals surface area (Å²) in [7, 11) is -4.11. The van der Waals surface area contributed by atoms with Crippen LogP contribution in [-0.2, 0) is 19.6 Å². The highest BCUT2D eigenvalue weighted by atomic mass is 35.5. The third kappa shape index (κ3) is 5.17. The van der Waals surface area contributed by atoms with Crippen molar-refractivity contribution < 1.29 is 18.0 Å². The minimum atomic E-state index is -4.11. The molecule has 0 aliphatic rings. The zero-order chi connectivity index (χ0) is 18.6. The van der Waals surface area contributed by atoms with Gasteiger partial charge in [-0.15, -0.1) is 4.83 Å². The Balaban J connectivity index is 1.99. The molecule has 0 heterocycles. The highest BCUT2D eigenvalue weighted by molar-refractivity contribution is 7.89. The molecular formula is C15H13Cl2N3O4S. The van der Waals surface area contributed by atoms with Gasteiger partial charge in [-0.1, -0.05) is 40.9 Å². The van der Waals surface area contributed by atoms with Gasteiger partial charge in [-0.05, 0) is 37.3 Å². The van der Waals surface area contributed by atoms with Crippen molar-refractivity contribution in [3.8, 4) is 0 Å². The molecule has 132 valence electrons. The maximum atomic E-state index is 12.1. The maximum absolute atomic E-state index is 12.1. The van der Waals surface area contributed by atoms with Crippen LogP contribution in [0.15, 0.2) is 47.4 Å². The van der Waals surface area contributed by atoms with Crippen LogP contribution < -0.4 is 15.6 Å². The van der Waals surface area contributed by atoms with Gasteiger partial charge in [0.05, 0.1) is 14.9 Å². The van der Waals surface area contributed by atoms with Gasteiger partial charge in [-0.3, -0.25) is 15.0 Å². The molecule has 0 saturated carbocycles. The van der Waals surface area contributed by atoms with Crippen molar-refractivity contribution in [1.29, 1.82) is 0 Å². The van der Waals surface area contributed by atoms with Gasteiger partial charge in [0.1, 0.15) is 0 Å². The van der Waals surface area contributed by atoms with Gasteiger partial charge in [0.15, 0.2) is 0 Å². The molecular weight excluding hydrogens is 389 g/mol. The van der Waals surface area contributed by atoms with Crippen molar-refractivity contribution in [2.45, 2.75) is 11.8 Å². The molecule has 2 rings (SSSR count).